The van der Waals surface area contributed by atoms with Crippen molar-refractivity contribution >= 4 is 34.7 Å². The molecule has 3 atom stereocenters. The number of allylic oxidation sites excluding steroid dienone is 2. The second kappa shape index (κ2) is 11.0. The Kier molecular flexibility index (Phi) is 7.52. The van der Waals surface area contributed by atoms with E-state index in [0.29, 0.717) is 34.0 Å². The average Bonchev–Trinajstić information content (AvgIpc) is 3.48. The van der Waals surface area contributed by atoms with Crippen LogP contribution in [-0.2, 0) is 19.1 Å². The Hall–Kier alpha value is -3.98. The predicted octanol–water partition coefficient (Wildman–Crippen LogP) is 5.61. The number of rotatable bonds is 7. The lowest BCUT2D eigenvalue weighted by Gasteiger charge is -2.42. The van der Waals surface area contributed by atoms with Crippen molar-refractivity contribution in [1.29, 1.82) is 0 Å². The molecule has 2 aliphatic rings. The number of thiophene rings is 1. The van der Waals surface area contributed by atoms with Crippen LogP contribution in [0.1, 0.15) is 42.0 Å². The molecule has 39 heavy (non-hydrogen) atoms. The molecule has 0 unspecified atom stereocenters. The Balaban J connectivity index is 1.72. The number of benzene rings is 2. The number of esters is 1. The van der Waals surface area contributed by atoms with Gasteiger partial charge in [0, 0.05) is 40.1 Å². The lowest BCUT2D eigenvalue weighted by Crippen LogP contribution is -2.46. The summed E-state index contributed by atoms with van der Waals surface area (Å²) < 4.78 is 30.0. The molecule has 0 spiro atoms. The predicted molar refractivity (Wildman–Crippen MR) is 145 cm³/mol. The van der Waals surface area contributed by atoms with Crippen LogP contribution in [0.5, 0.6) is 11.5 Å². The Morgan fingerprint density at radius 3 is 2.41 bits per heavy atom. The average molecular weight is 550 g/mol. The molecular formula is C30H28FNO6S. The summed E-state index contributed by atoms with van der Waals surface area (Å²) in [5.74, 6) is -2.79. The number of carbonyl (C=O) groups excluding carboxylic acids is 3. The topological polar surface area (TPSA) is 82.1 Å². The number of methoxy groups -OCH3 is 2. The highest BCUT2D eigenvalue weighted by atomic mass is 32.1. The van der Waals surface area contributed by atoms with Gasteiger partial charge >= 0.3 is 5.97 Å². The van der Waals surface area contributed by atoms with Gasteiger partial charge in [-0.05, 0) is 66.8 Å². The third kappa shape index (κ3) is 4.83. The minimum Gasteiger partial charge on any atom is -0.493 e. The summed E-state index contributed by atoms with van der Waals surface area (Å²) >= 11 is 1.45. The van der Waals surface area contributed by atoms with Crippen molar-refractivity contribution in [3.8, 4) is 11.5 Å². The number of ketones is 1. The first-order chi connectivity index (χ1) is 18.9. The maximum atomic E-state index is 14.4. The Bertz CT molecular complexity index is 1430. The second-order valence-electron chi connectivity index (χ2n) is 9.36. The van der Waals surface area contributed by atoms with Gasteiger partial charge in [-0.2, -0.15) is 0 Å². The molecule has 1 aliphatic carbocycles. The van der Waals surface area contributed by atoms with Gasteiger partial charge in [0.2, 0.25) is 5.91 Å². The van der Waals surface area contributed by atoms with Crippen molar-refractivity contribution in [3.05, 3.63) is 87.5 Å². The van der Waals surface area contributed by atoms with Crippen LogP contribution in [0, 0.1) is 11.7 Å². The van der Waals surface area contributed by atoms with Crippen molar-refractivity contribution in [1.82, 2.24) is 0 Å². The summed E-state index contributed by atoms with van der Waals surface area (Å²) in [5, 5.41) is 1.89. The Morgan fingerprint density at radius 2 is 1.77 bits per heavy atom. The van der Waals surface area contributed by atoms with Crippen LogP contribution >= 0.6 is 11.3 Å². The maximum absolute atomic E-state index is 14.4. The number of amides is 1. The fourth-order valence-electron chi connectivity index (χ4n) is 5.55. The van der Waals surface area contributed by atoms with E-state index in [1.165, 1.54) is 54.7 Å². The van der Waals surface area contributed by atoms with Crippen molar-refractivity contribution in [2.75, 3.05) is 25.7 Å². The molecule has 9 heteroatoms. The van der Waals surface area contributed by atoms with Gasteiger partial charge in [-0.15, -0.1) is 11.3 Å². The monoisotopic (exact) mass is 549 g/mol. The number of ether oxygens (including phenoxy) is 3. The Labute approximate surface area is 229 Å². The molecule has 1 amide bonds. The van der Waals surface area contributed by atoms with Gasteiger partial charge in [0.25, 0.3) is 0 Å². The summed E-state index contributed by atoms with van der Waals surface area (Å²) in [6.45, 7) is 1.85. The molecule has 0 saturated heterocycles. The smallest absolute Gasteiger partial charge is 0.317 e. The SMILES string of the molecule is CCOC(=O)[C@H]1C(=O)C2=C(C[C@@H]1c1cccs1)N(c1ccc(F)cc1)C(=O)C[C@H]2c1ccc(OC)c(OC)c1. The molecule has 202 valence electrons. The molecule has 7 nitrogen and oxygen atoms in total. The molecule has 2 heterocycles. The van der Waals surface area contributed by atoms with Crippen LogP contribution in [0.25, 0.3) is 0 Å². The zero-order chi connectivity index (χ0) is 27.7. The third-order valence-electron chi connectivity index (χ3n) is 7.26. The standard InChI is InChI=1S/C30H28FNO6S/c1-4-38-30(35)28-21(25-6-5-13-39-25)15-22-27(29(28)34)20(17-7-12-23(36-2)24(14-17)37-3)16-26(33)32(22)19-10-8-18(31)9-11-19/h5-14,20-21,28H,4,15-16H2,1-3H3/t20-,21+,28+/m0/s1. The summed E-state index contributed by atoms with van der Waals surface area (Å²) in [4.78, 5) is 43.7. The summed E-state index contributed by atoms with van der Waals surface area (Å²) in [7, 11) is 3.05. The number of anilines is 1. The van der Waals surface area contributed by atoms with Gasteiger partial charge in [0.05, 0.1) is 20.8 Å². The van der Waals surface area contributed by atoms with E-state index in [-0.39, 0.29) is 31.1 Å². The summed E-state index contributed by atoms with van der Waals surface area (Å²) in [6.07, 6.45) is 0.245. The van der Waals surface area contributed by atoms with Gasteiger partial charge in [0.15, 0.2) is 17.3 Å². The van der Waals surface area contributed by atoms with E-state index in [4.69, 9.17) is 14.2 Å². The van der Waals surface area contributed by atoms with Crippen LogP contribution in [-0.4, -0.2) is 38.5 Å². The largest absolute Gasteiger partial charge is 0.493 e. The first kappa shape index (κ1) is 26.6. The minimum absolute atomic E-state index is 0.0172. The van der Waals surface area contributed by atoms with Gasteiger partial charge in [-0.25, -0.2) is 4.39 Å². The van der Waals surface area contributed by atoms with E-state index in [1.54, 1.807) is 25.1 Å². The van der Waals surface area contributed by atoms with E-state index in [9.17, 15) is 18.8 Å². The Morgan fingerprint density at radius 1 is 1.03 bits per heavy atom. The molecule has 0 bridgehead atoms. The molecule has 2 aromatic carbocycles. The fraction of sp³-hybridized carbons (Fsp3) is 0.300. The highest BCUT2D eigenvalue weighted by molar-refractivity contribution is 7.10. The zero-order valence-electron chi connectivity index (χ0n) is 21.8. The quantitative estimate of drug-likeness (QED) is 0.281. The molecular weight excluding hydrogens is 521 g/mol. The molecule has 0 N–H and O–H groups in total. The molecule has 1 aliphatic heterocycles. The van der Waals surface area contributed by atoms with Crippen molar-refractivity contribution in [3.63, 3.8) is 0 Å². The summed E-state index contributed by atoms with van der Waals surface area (Å²) in [6, 6.07) is 14.7. The lowest BCUT2D eigenvalue weighted by atomic mass is 9.69. The number of hydrogen-bond donors (Lipinski definition) is 0. The van der Waals surface area contributed by atoms with Crippen LogP contribution < -0.4 is 14.4 Å². The number of halogens is 1. The van der Waals surface area contributed by atoms with E-state index in [0.717, 1.165) is 4.88 Å². The van der Waals surface area contributed by atoms with Gasteiger partial charge < -0.3 is 14.2 Å². The molecule has 3 aromatic rings. The van der Waals surface area contributed by atoms with Crippen molar-refractivity contribution < 1.29 is 33.0 Å². The fourth-order valence-corrected chi connectivity index (χ4v) is 6.41. The number of Topliss-reactive ketones (excluding diaryl/α,β-unsaturated/α-hetero) is 1. The molecule has 0 radical (unpaired) electrons. The highest BCUT2D eigenvalue weighted by Crippen LogP contribution is 2.50. The lowest BCUT2D eigenvalue weighted by molar-refractivity contribution is -0.152. The number of hydrogen-bond acceptors (Lipinski definition) is 7. The van der Waals surface area contributed by atoms with E-state index < -0.39 is 29.5 Å². The van der Waals surface area contributed by atoms with Gasteiger partial charge in [-0.1, -0.05) is 12.1 Å². The first-order valence-corrected chi connectivity index (χ1v) is 13.5. The maximum Gasteiger partial charge on any atom is 0.317 e. The third-order valence-corrected chi connectivity index (χ3v) is 8.27. The number of carbonyl (C=O) groups is 3. The van der Waals surface area contributed by atoms with Crippen LogP contribution in [0.15, 0.2) is 71.2 Å². The van der Waals surface area contributed by atoms with Crippen molar-refractivity contribution in [2.24, 2.45) is 5.92 Å². The molecule has 1 aromatic heterocycles. The van der Waals surface area contributed by atoms with Gasteiger partial charge in [-0.3, -0.25) is 19.3 Å². The van der Waals surface area contributed by atoms with Crippen LogP contribution in [0.2, 0.25) is 0 Å². The first-order valence-electron chi connectivity index (χ1n) is 12.7. The minimum atomic E-state index is -1.05. The summed E-state index contributed by atoms with van der Waals surface area (Å²) in [5.41, 5.74) is 2.06. The molecule has 0 saturated carbocycles. The zero-order valence-corrected chi connectivity index (χ0v) is 22.6. The van der Waals surface area contributed by atoms with Crippen LogP contribution in [0.3, 0.4) is 0 Å². The second-order valence-corrected chi connectivity index (χ2v) is 10.3. The normalized spacial score (nSPS) is 21.0. The van der Waals surface area contributed by atoms with E-state index in [1.807, 2.05) is 17.5 Å². The molecule has 0 fully saturated rings. The molecule has 5 rings (SSSR count). The van der Waals surface area contributed by atoms with E-state index >= 15 is 0 Å². The van der Waals surface area contributed by atoms with E-state index in [2.05, 4.69) is 0 Å². The van der Waals surface area contributed by atoms with Crippen molar-refractivity contribution in [2.45, 2.75) is 31.6 Å². The number of nitrogens with zero attached hydrogens (tertiary/aromatic N) is 1. The highest BCUT2D eigenvalue weighted by Gasteiger charge is 2.50. The van der Waals surface area contributed by atoms with Gasteiger partial charge in [0.1, 0.15) is 11.7 Å². The van der Waals surface area contributed by atoms with Crippen LogP contribution in [0.4, 0.5) is 10.1 Å².